The van der Waals surface area contributed by atoms with Crippen LogP contribution in [0.15, 0.2) is 21.4 Å². The number of aliphatic hydroxyl groups excluding tert-OH is 1. The van der Waals surface area contributed by atoms with Crippen LogP contribution < -0.4 is 4.74 Å². The number of halogens is 1. The van der Waals surface area contributed by atoms with Crippen LogP contribution in [0, 0.1) is 0 Å². The van der Waals surface area contributed by atoms with Gasteiger partial charge in [0.2, 0.25) is 0 Å². The molecule has 0 aliphatic rings. The Morgan fingerprint density at radius 2 is 2.14 bits per heavy atom. The van der Waals surface area contributed by atoms with E-state index in [1.165, 1.54) is 10.5 Å². The van der Waals surface area contributed by atoms with E-state index in [1.54, 1.807) is 18.7 Å². The molecule has 2 aromatic rings. The van der Waals surface area contributed by atoms with Crippen molar-refractivity contribution in [2.24, 2.45) is 0 Å². The van der Waals surface area contributed by atoms with Crippen LogP contribution in [0.4, 0.5) is 0 Å². The highest BCUT2D eigenvalue weighted by molar-refractivity contribution is 14.1. The second kappa shape index (κ2) is 8.45. The molecule has 0 amide bonds. The number of fused-ring (bicyclic) bond motifs is 1. The molecule has 1 unspecified atom stereocenters. The molecule has 1 heterocycles. The normalized spacial score (nSPS) is 12.8. The highest BCUT2D eigenvalue weighted by Crippen LogP contribution is 2.38. The monoisotopic (exact) mass is 434 g/mol. The van der Waals surface area contributed by atoms with Crippen molar-refractivity contribution in [2.75, 3.05) is 12.4 Å². The molecule has 22 heavy (non-hydrogen) atoms. The molecule has 0 bridgehead atoms. The highest BCUT2D eigenvalue weighted by atomic mass is 127. The molecule has 1 N–H and O–H groups in total. The number of furan rings is 1. The van der Waals surface area contributed by atoms with Crippen LogP contribution >= 0.6 is 34.4 Å². The maximum absolute atomic E-state index is 9.49. The van der Waals surface area contributed by atoms with Crippen molar-refractivity contribution in [1.82, 2.24) is 0 Å². The fourth-order valence-electron chi connectivity index (χ4n) is 2.38. The Kier molecular flexibility index (Phi) is 6.89. The van der Waals surface area contributed by atoms with Gasteiger partial charge in [0.25, 0.3) is 0 Å². The molecule has 5 heteroatoms. The zero-order valence-electron chi connectivity index (χ0n) is 13.3. The Bertz CT molecular complexity index is 622. The van der Waals surface area contributed by atoms with Gasteiger partial charge in [0, 0.05) is 26.7 Å². The second-order valence-corrected chi connectivity index (χ2v) is 7.38. The van der Waals surface area contributed by atoms with E-state index in [-0.39, 0.29) is 6.61 Å². The SMILES string of the molecule is CCCc1oc2c(OCC(C)O)cc(SCC)cc2c1CI. The first-order chi connectivity index (χ1) is 10.6. The average Bonchev–Trinajstić information content (AvgIpc) is 2.83. The Balaban J connectivity index is 2.54. The molecule has 0 aliphatic carbocycles. The third-order valence-corrected chi connectivity index (χ3v) is 4.94. The van der Waals surface area contributed by atoms with E-state index >= 15 is 0 Å². The quantitative estimate of drug-likeness (QED) is 0.353. The van der Waals surface area contributed by atoms with Crippen molar-refractivity contribution < 1.29 is 14.3 Å². The van der Waals surface area contributed by atoms with Crippen molar-refractivity contribution in [3.8, 4) is 5.75 Å². The topological polar surface area (TPSA) is 42.6 Å². The van der Waals surface area contributed by atoms with Gasteiger partial charge in [-0.3, -0.25) is 0 Å². The lowest BCUT2D eigenvalue weighted by atomic mass is 10.1. The summed E-state index contributed by atoms with van der Waals surface area (Å²) in [5.41, 5.74) is 2.09. The van der Waals surface area contributed by atoms with Gasteiger partial charge >= 0.3 is 0 Å². The van der Waals surface area contributed by atoms with E-state index in [9.17, 15) is 5.11 Å². The van der Waals surface area contributed by atoms with Gasteiger partial charge in [-0.15, -0.1) is 11.8 Å². The second-order valence-electron chi connectivity index (χ2n) is 5.28. The molecule has 0 spiro atoms. The van der Waals surface area contributed by atoms with Crippen LogP contribution in [0.1, 0.15) is 38.5 Å². The number of aliphatic hydroxyl groups is 1. The molecule has 0 aliphatic heterocycles. The van der Waals surface area contributed by atoms with Crippen LogP contribution in [0.2, 0.25) is 0 Å². The number of rotatable bonds is 8. The smallest absolute Gasteiger partial charge is 0.176 e. The van der Waals surface area contributed by atoms with Crippen molar-refractivity contribution in [3.63, 3.8) is 0 Å². The number of aryl methyl sites for hydroxylation is 1. The van der Waals surface area contributed by atoms with E-state index in [4.69, 9.17) is 9.15 Å². The molecule has 2 rings (SSSR count). The highest BCUT2D eigenvalue weighted by Gasteiger charge is 2.18. The molecule has 1 aromatic heterocycles. The predicted octanol–water partition coefficient (Wildman–Crippen LogP) is 5.19. The summed E-state index contributed by atoms with van der Waals surface area (Å²) in [5.74, 6) is 2.82. The van der Waals surface area contributed by atoms with Crippen molar-refractivity contribution >= 4 is 45.3 Å². The van der Waals surface area contributed by atoms with E-state index in [2.05, 4.69) is 42.5 Å². The Hall–Kier alpha value is -0.400. The van der Waals surface area contributed by atoms with Crippen LogP contribution in [0.5, 0.6) is 5.75 Å². The molecule has 0 saturated carbocycles. The van der Waals surface area contributed by atoms with Crippen LogP contribution in [0.3, 0.4) is 0 Å². The predicted molar refractivity (Wildman–Crippen MR) is 102 cm³/mol. The molecule has 0 saturated heterocycles. The third kappa shape index (κ3) is 4.11. The minimum absolute atomic E-state index is 0.277. The minimum Gasteiger partial charge on any atom is -0.487 e. The van der Waals surface area contributed by atoms with E-state index in [0.29, 0.717) is 0 Å². The fraction of sp³-hybridized carbons (Fsp3) is 0.529. The summed E-state index contributed by atoms with van der Waals surface area (Å²) in [7, 11) is 0. The Labute approximate surface area is 149 Å². The maximum Gasteiger partial charge on any atom is 0.176 e. The van der Waals surface area contributed by atoms with Gasteiger partial charge < -0.3 is 14.3 Å². The van der Waals surface area contributed by atoms with Gasteiger partial charge in [0.15, 0.2) is 11.3 Å². The van der Waals surface area contributed by atoms with Gasteiger partial charge in [-0.05, 0) is 31.2 Å². The summed E-state index contributed by atoms with van der Waals surface area (Å²) in [6.45, 7) is 6.30. The third-order valence-electron chi connectivity index (χ3n) is 3.32. The summed E-state index contributed by atoms with van der Waals surface area (Å²) in [6, 6.07) is 4.23. The minimum atomic E-state index is -0.494. The van der Waals surface area contributed by atoms with E-state index in [1.807, 2.05) is 6.07 Å². The Morgan fingerprint density at radius 1 is 1.36 bits per heavy atom. The molecular formula is C17H23IO3S. The zero-order valence-corrected chi connectivity index (χ0v) is 16.3. The fourth-order valence-corrected chi connectivity index (χ4v) is 3.95. The average molecular weight is 434 g/mol. The van der Waals surface area contributed by atoms with Crippen molar-refractivity contribution in [1.29, 1.82) is 0 Å². The molecule has 1 atom stereocenters. The van der Waals surface area contributed by atoms with Crippen LogP contribution in [-0.2, 0) is 10.8 Å². The van der Waals surface area contributed by atoms with Crippen LogP contribution in [0.25, 0.3) is 11.0 Å². The lowest BCUT2D eigenvalue weighted by Gasteiger charge is -2.10. The summed E-state index contributed by atoms with van der Waals surface area (Å²) >= 11 is 4.19. The van der Waals surface area contributed by atoms with Crippen molar-refractivity contribution in [3.05, 3.63) is 23.5 Å². The summed E-state index contributed by atoms with van der Waals surface area (Å²) in [4.78, 5) is 1.19. The number of ether oxygens (including phenoxy) is 1. The standard InChI is InChI=1S/C17H23IO3S/c1-4-6-15-14(9-18)13-7-12(22-5-2)8-16(17(13)21-15)20-10-11(3)19/h7-8,11,19H,4-6,9-10H2,1-3H3. The van der Waals surface area contributed by atoms with E-state index in [0.717, 1.165) is 45.5 Å². The van der Waals surface area contributed by atoms with Gasteiger partial charge in [0.05, 0.1) is 6.10 Å². The van der Waals surface area contributed by atoms with Gasteiger partial charge in [-0.25, -0.2) is 0 Å². The first-order valence-electron chi connectivity index (χ1n) is 7.68. The van der Waals surface area contributed by atoms with Gasteiger partial charge in [-0.2, -0.15) is 0 Å². The summed E-state index contributed by atoms with van der Waals surface area (Å²) in [6.07, 6.45) is 1.51. The lowest BCUT2D eigenvalue weighted by molar-refractivity contribution is 0.123. The molecular weight excluding hydrogens is 411 g/mol. The molecule has 1 aromatic carbocycles. The number of hydrogen-bond donors (Lipinski definition) is 1. The molecule has 122 valence electrons. The van der Waals surface area contributed by atoms with Gasteiger partial charge in [-0.1, -0.05) is 36.4 Å². The number of hydrogen-bond acceptors (Lipinski definition) is 4. The molecule has 0 fully saturated rings. The van der Waals surface area contributed by atoms with Crippen molar-refractivity contribution in [2.45, 2.75) is 49.0 Å². The maximum atomic E-state index is 9.49. The molecule has 3 nitrogen and oxygen atoms in total. The van der Waals surface area contributed by atoms with Crippen LogP contribution in [-0.4, -0.2) is 23.6 Å². The first kappa shape index (κ1) is 17.9. The largest absolute Gasteiger partial charge is 0.487 e. The summed E-state index contributed by atoms with van der Waals surface area (Å²) < 4.78 is 12.8. The molecule has 0 radical (unpaired) electrons. The Morgan fingerprint density at radius 3 is 2.73 bits per heavy atom. The number of thioether (sulfide) groups is 1. The first-order valence-corrected chi connectivity index (χ1v) is 10.2. The van der Waals surface area contributed by atoms with E-state index < -0.39 is 6.10 Å². The summed E-state index contributed by atoms with van der Waals surface area (Å²) in [5, 5.41) is 10.6. The number of benzene rings is 1. The lowest BCUT2D eigenvalue weighted by Crippen LogP contribution is -2.12. The zero-order chi connectivity index (χ0) is 16.1. The number of alkyl halides is 1. The van der Waals surface area contributed by atoms with Gasteiger partial charge in [0.1, 0.15) is 12.4 Å².